The molecule has 6 nitrogen and oxygen atoms in total. The minimum absolute atomic E-state index is 0.0640. The minimum Gasteiger partial charge on any atom is -0.391 e. The van der Waals surface area contributed by atoms with Crippen LogP contribution in [-0.4, -0.2) is 53.6 Å². The SMILES string of the molecule is NC(=O)C1CC(O)CN1C(=O)CCC1CCCNC1. The highest BCUT2D eigenvalue weighted by molar-refractivity contribution is 5.87. The molecule has 2 rings (SSSR count). The van der Waals surface area contributed by atoms with Crippen molar-refractivity contribution in [3.05, 3.63) is 0 Å². The highest BCUT2D eigenvalue weighted by atomic mass is 16.3. The van der Waals surface area contributed by atoms with E-state index in [2.05, 4.69) is 5.32 Å². The number of amides is 2. The molecular weight excluding hydrogens is 246 g/mol. The number of nitrogens with zero attached hydrogens (tertiary/aromatic N) is 1. The quantitative estimate of drug-likeness (QED) is 0.623. The average molecular weight is 269 g/mol. The van der Waals surface area contributed by atoms with Crippen LogP contribution in [0.4, 0.5) is 0 Å². The Morgan fingerprint density at radius 3 is 2.84 bits per heavy atom. The largest absolute Gasteiger partial charge is 0.391 e. The number of likely N-dealkylation sites (tertiary alicyclic amines) is 1. The summed E-state index contributed by atoms with van der Waals surface area (Å²) in [5.41, 5.74) is 5.27. The molecule has 2 aliphatic rings. The van der Waals surface area contributed by atoms with Crippen molar-refractivity contribution in [1.29, 1.82) is 0 Å². The number of β-amino-alcohol motifs (C(OH)–C–C–N with tert-alkyl or cyclic N) is 1. The van der Waals surface area contributed by atoms with Crippen LogP contribution in [0.25, 0.3) is 0 Å². The van der Waals surface area contributed by atoms with Gasteiger partial charge in [0.1, 0.15) is 6.04 Å². The number of hydrogen-bond acceptors (Lipinski definition) is 4. The molecule has 2 saturated heterocycles. The smallest absolute Gasteiger partial charge is 0.240 e. The van der Waals surface area contributed by atoms with Crippen molar-refractivity contribution in [2.24, 2.45) is 11.7 Å². The Bertz CT molecular complexity index is 342. The number of aliphatic hydroxyl groups is 1. The Kier molecular flexibility index (Phi) is 4.76. The standard InChI is InChI=1S/C13H23N3O3/c14-13(19)11-6-10(17)8-16(11)12(18)4-3-9-2-1-5-15-7-9/h9-11,15,17H,1-8H2,(H2,14,19). The van der Waals surface area contributed by atoms with E-state index in [9.17, 15) is 14.7 Å². The van der Waals surface area contributed by atoms with Crippen LogP contribution in [0.2, 0.25) is 0 Å². The molecule has 0 aromatic heterocycles. The third-order valence-corrected chi connectivity index (χ3v) is 4.09. The molecule has 2 aliphatic heterocycles. The summed E-state index contributed by atoms with van der Waals surface area (Å²) in [6.07, 6.45) is 3.23. The summed E-state index contributed by atoms with van der Waals surface area (Å²) < 4.78 is 0. The monoisotopic (exact) mass is 269 g/mol. The first-order valence-corrected chi connectivity index (χ1v) is 7.05. The van der Waals surface area contributed by atoms with E-state index >= 15 is 0 Å². The van der Waals surface area contributed by atoms with Gasteiger partial charge in [0.25, 0.3) is 0 Å². The zero-order valence-corrected chi connectivity index (χ0v) is 11.2. The first kappa shape index (κ1) is 14.3. The Morgan fingerprint density at radius 1 is 1.42 bits per heavy atom. The van der Waals surface area contributed by atoms with Gasteiger partial charge in [-0.2, -0.15) is 0 Å². The van der Waals surface area contributed by atoms with Crippen molar-refractivity contribution in [3.8, 4) is 0 Å². The Labute approximate surface area is 113 Å². The zero-order chi connectivity index (χ0) is 13.8. The molecule has 0 bridgehead atoms. The molecule has 0 spiro atoms. The van der Waals surface area contributed by atoms with E-state index in [1.165, 1.54) is 4.90 Å². The molecule has 2 heterocycles. The van der Waals surface area contributed by atoms with Crippen molar-refractivity contribution in [2.75, 3.05) is 19.6 Å². The molecule has 6 heteroatoms. The third-order valence-electron chi connectivity index (χ3n) is 4.09. The lowest BCUT2D eigenvalue weighted by molar-refractivity contribution is -0.137. The van der Waals surface area contributed by atoms with Gasteiger partial charge in [0.15, 0.2) is 0 Å². The van der Waals surface area contributed by atoms with E-state index in [0.717, 1.165) is 32.4 Å². The summed E-state index contributed by atoms with van der Waals surface area (Å²) in [6.45, 7) is 2.26. The number of hydrogen-bond donors (Lipinski definition) is 3. The molecule has 3 unspecified atom stereocenters. The summed E-state index contributed by atoms with van der Waals surface area (Å²) in [7, 11) is 0. The van der Waals surface area contributed by atoms with Crippen molar-refractivity contribution >= 4 is 11.8 Å². The fourth-order valence-electron chi connectivity index (χ4n) is 3.00. The Morgan fingerprint density at radius 2 is 2.21 bits per heavy atom. The van der Waals surface area contributed by atoms with Crippen molar-refractivity contribution in [2.45, 2.75) is 44.2 Å². The number of aliphatic hydroxyl groups excluding tert-OH is 1. The number of nitrogens with two attached hydrogens (primary N) is 1. The van der Waals surface area contributed by atoms with Gasteiger partial charge in [0.2, 0.25) is 11.8 Å². The van der Waals surface area contributed by atoms with E-state index in [-0.39, 0.29) is 18.9 Å². The predicted molar refractivity (Wildman–Crippen MR) is 70.1 cm³/mol. The van der Waals surface area contributed by atoms with Gasteiger partial charge in [-0.05, 0) is 38.3 Å². The van der Waals surface area contributed by atoms with Crippen LogP contribution in [0.15, 0.2) is 0 Å². The first-order valence-electron chi connectivity index (χ1n) is 7.05. The lowest BCUT2D eigenvalue weighted by atomic mass is 9.94. The van der Waals surface area contributed by atoms with Gasteiger partial charge in [0, 0.05) is 19.4 Å². The van der Waals surface area contributed by atoms with E-state index in [0.29, 0.717) is 12.3 Å². The molecule has 2 amide bonds. The molecule has 0 aliphatic carbocycles. The van der Waals surface area contributed by atoms with E-state index in [1.807, 2.05) is 0 Å². The lowest BCUT2D eigenvalue weighted by Crippen LogP contribution is -2.44. The minimum atomic E-state index is -0.632. The second kappa shape index (κ2) is 6.34. The van der Waals surface area contributed by atoms with Gasteiger partial charge in [0.05, 0.1) is 6.10 Å². The number of primary amides is 1. The van der Waals surface area contributed by atoms with Crippen LogP contribution in [0.1, 0.15) is 32.1 Å². The van der Waals surface area contributed by atoms with Gasteiger partial charge in [-0.15, -0.1) is 0 Å². The van der Waals surface area contributed by atoms with Crippen molar-refractivity contribution in [1.82, 2.24) is 10.2 Å². The molecule has 0 aromatic carbocycles. The molecule has 19 heavy (non-hydrogen) atoms. The second-order valence-electron chi connectivity index (χ2n) is 5.60. The van der Waals surface area contributed by atoms with Gasteiger partial charge in [-0.3, -0.25) is 9.59 Å². The highest BCUT2D eigenvalue weighted by Crippen LogP contribution is 2.21. The average Bonchev–Trinajstić information content (AvgIpc) is 2.79. The second-order valence-corrected chi connectivity index (χ2v) is 5.60. The summed E-state index contributed by atoms with van der Waals surface area (Å²) in [5.74, 6) is -0.0487. The maximum Gasteiger partial charge on any atom is 0.240 e. The third kappa shape index (κ3) is 3.67. The van der Waals surface area contributed by atoms with Gasteiger partial charge >= 0.3 is 0 Å². The van der Waals surface area contributed by atoms with Crippen LogP contribution in [0, 0.1) is 5.92 Å². The van der Waals surface area contributed by atoms with Crippen LogP contribution >= 0.6 is 0 Å². The summed E-state index contributed by atoms with van der Waals surface area (Å²) >= 11 is 0. The normalized spacial score (nSPS) is 31.4. The molecule has 108 valence electrons. The van der Waals surface area contributed by atoms with Gasteiger partial charge in [-0.25, -0.2) is 0 Å². The van der Waals surface area contributed by atoms with Crippen molar-refractivity contribution in [3.63, 3.8) is 0 Å². The topological polar surface area (TPSA) is 95.7 Å². The molecule has 3 atom stereocenters. The Hall–Kier alpha value is -1.14. The maximum atomic E-state index is 12.1. The molecule has 4 N–H and O–H groups in total. The number of carbonyl (C=O) groups excluding carboxylic acids is 2. The highest BCUT2D eigenvalue weighted by Gasteiger charge is 2.37. The fraction of sp³-hybridized carbons (Fsp3) is 0.846. The number of rotatable bonds is 4. The molecule has 0 radical (unpaired) electrons. The van der Waals surface area contributed by atoms with Crippen LogP contribution < -0.4 is 11.1 Å². The molecule has 2 fully saturated rings. The van der Waals surface area contributed by atoms with Crippen LogP contribution in [0.5, 0.6) is 0 Å². The van der Waals surface area contributed by atoms with Gasteiger partial charge < -0.3 is 21.1 Å². The summed E-state index contributed by atoms with van der Waals surface area (Å²) in [6, 6.07) is -0.632. The summed E-state index contributed by atoms with van der Waals surface area (Å²) in [5, 5.41) is 12.9. The van der Waals surface area contributed by atoms with Crippen LogP contribution in [0.3, 0.4) is 0 Å². The van der Waals surface area contributed by atoms with Crippen LogP contribution in [-0.2, 0) is 9.59 Å². The molecule has 0 aromatic rings. The lowest BCUT2D eigenvalue weighted by Gasteiger charge is -2.25. The number of carbonyl (C=O) groups is 2. The van der Waals surface area contributed by atoms with E-state index in [1.54, 1.807) is 0 Å². The van der Waals surface area contributed by atoms with Crippen molar-refractivity contribution < 1.29 is 14.7 Å². The van der Waals surface area contributed by atoms with E-state index < -0.39 is 18.1 Å². The molecule has 0 saturated carbocycles. The maximum absolute atomic E-state index is 12.1. The molecular formula is C13H23N3O3. The first-order chi connectivity index (χ1) is 9.08. The fourth-order valence-corrected chi connectivity index (χ4v) is 3.00. The number of piperidine rings is 1. The predicted octanol–water partition coefficient (Wildman–Crippen LogP) is -0.787. The van der Waals surface area contributed by atoms with E-state index in [4.69, 9.17) is 5.73 Å². The summed E-state index contributed by atoms with van der Waals surface area (Å²) in [4.78, 5) is 24.9. The zero-order valence-electron chi connectivity index (χ0n) is 11.2. The number of nitrogens with one attached hydrogen (secondary N) is 1. The van der Waals surface area contributed by atoms with Gasteiger partial charge in [-0.1, -0.05) is 0 Å². The Balaban J connectivity index is 1.82.